The molecule has 4 aliphatic carbocycles. The second-order valence-corrected chi connectivity index (χ2v) is 12.5. The predicted molar refractivity (Wildman–Crippen MR) is 121 cm³/mol. The number of methoxy groups -OCH3 is 1. The highest BCUT2D eigenvalue weighted by Gasteiger charge is 2.79. The number of fused-ring (bicyclic) bond motifs is 3. The van der Waals surface area contributed by atoms with E-state index in [4.69, 9.17) is 14.2 Å². The summed E-state index contributed by atoms with van der Waals surface area (Å²) in [6, 6.07) is 0. The number of carbonyl (C=O) groups is 2. The van der Waals surface area contributed by atoms with Gasteiger partial charge in [0.15, 0.2) is 12.4 Å². The van der Waals surface area contributed by atoms with Gasteiger partial charge in [0, 0.05) is 43.0 Å². The van der Waals surface area contributed by atoms with Crippen molar-refractivity contribution < 1.29 is 28.9 Å². The Kier molecular flexibility index (Phi) is 5.31. The van der Waals surface area contributed by atoms with Crippen LogP contribution in [0.4, 0.5) is 0 Å². The first kappa shape index (κ1) is 23.6. The number of ketones is 1. The van der Waals surface area contributed by atoms with Crippen LogP contribution >= 0.6 is 11.8 Å². The average molecular weight is 478 g/mol. The average Bonchev–Trinajstić information content (AvgIpc) is 3.04. The van der Waals surface area contributed by atoms with E-state index < -0.39 is 40.8 Å². The zero-order valence-corrected chi connectivity index (χ0v) is 20.8. The Labute approximate surface area is 199 Å². The van der Waals surface area contributed by atoms with E-state index in [1.165, 1.54) is 18.7 Å². The third-order valence-corrected chi connectivity index (χ3v) is 11.6. The maximum absolute atomic E-state index is 13.2. The fourth-order valence-corrected chi connectivity index (χ4v) is 10.2. The minimum absolute atomic E-state index is 0.0610. The van der Waals surface area contributed by atoms with Crippen LogP contribution in [0.15, 0.2) is 0 Å². The largest absolute Gasteiger partial charge is 0.458 e. The highest BCUT2D eigenvalue weighted by molar-refractivity contribution is 8.04. The van der Waals surface area contributed by atoms with Crippen LogP contribution in [-0.2, 0) is 23.8 Å². The third-order valence-electron chi connectivity index (χ3n) is 10.7. The van der Waals surface area contributed by atoms with Crippen LogP contribution in [0.2, 0.25) is 0 Å². The Hall–Kier alpha value is -1.14. The number of nitriles is 1. The first-order chi connectivity index (χ1) is 15.5. The number of carbonyl (C=O) groups excluding carboxylic acids is 2. The van der Waals surface area contributed by atoms with Gasteiger partial charge >= 0.3 is 5.97 Å². The van der Waals surface area contributed by atoms with Crippen molar-refractivity contribution in [3.8, 4) is 5.40 Å². The van der Waals surface area contributed by atoms with Crippen molar-refractivity contribution in [2.45, 2.75) is 94.4 Å². The highest BCUT2D eigenvalue weighted by Crippen LogP contribution is 2.76. The number of rotatable bonds is 5. The van der Waals surface area contributed by atoms with E-state index in [1.807, 2.05) is 6.92 Å². The van der Waals surface area contributed by atoms with Gasteiger partial charge in [-0.05, 0) is 68.0 Å². The van der Waals surface area contributed by atoms with Crippen LogP contribution in [0, 0.1) is 39.2 Å². The van der Waals surface area contributed by atoms with Gasteiger partial charge in [0.25, 0.3) is 0 Å². The van der Waals surface area contributed by atoms with Crippen molar-refractivity contribution in [1.82, 2.24) is 0 Å². The van der Waals surface area contributed by atoms with Crippen molar-refractivity contribution in [3.05, 3.63) is 0 Å². The number of Topliss-reactive ketones (excluding diaryl/α,β-unsaturated/α-hetero) is 1. The summed E-state index contributed by atoms with van der Waals surface area (Å²) in [4.78, 5) is 24.5. The molecule has 0 amide bonds. The van der Waals surface area contributed by atoms with Gasteiger partial charge in [-0.1, -0.05) is 13.8 Å². The topological polar surface area (TPSA) is 106 Å². The van der Waals surface area contributed by atoms with Crippen molar-refractivity contribution in [1.29, 1.82) is 5.26 Å². The zero-order valence-electron chi connectivity index (χ0n) is 20.0. The summed E-state index contributed by atoms with van der Waals surface area (Å²) in [6.07, 6.45) is 6.39. The number of ether oxygens (including phenoxy) is 3. The number of nitrogens with zero attached hydrogens (tertiary/aromatic N) is 1. The van der Waals surface area contributed by atoms with Gasteiger partial charge in [0.05, 0.1) is 5.60 Å². The molecule has 4 saturated carbocycles. The van der Waals surface area contributed by atoms with Crippen molar-refractivity contribution in [3.63, 3.8) is 0 Å². The predicted octanol–water partition coefficient (Wildman–Crippen LogP) is 3.58. The first-order valence-electron chi connectivity index (χ1n) is 12.2. The molecule has 1 N–H and O–H groups in total. The Morgan fingerprint density at radius 1 is 1.12 bits per heavy atom. The van der Waals surface area contributed by atoms with Gasteiger partial charge in [-0.2, -0.15) is 5.26 Å². The van der Waals surface area contributed by atoms with Crippen LogP contribution in [0.25, 0.3) is 0 Å². The van der Waals surface area contributed by atoms with E-state index in [1.54, 1.807) is 7.11 Å². The second kappa shape index (κ2) is 7.43. The molecule has 1 spiro atoms. The highest BCUT2D eigenvalue weighted by atomic mass is 32.2. The summed E-state index contributed by atoms with van der Waals surface area (Å²) in [5, 5.41) is 23.8. The smallest absolute Gasteiger partial charge is 0.303 e. The van der Waals surface area contributed by atoms with Gasteiger partial charge in [0.2, 0.25) is 5.78 Å². The van der Waals surface area contributed by atoms with Crippen molar-refractivity contribution in [2.75, 3.05) is 13.7 Å². The molecule has 0 aromatic heterocycles. The molecular formula is C25H35NO6S. The lowest BCUT2D eigenvalue weighted by molar-refractivity contribution is -0.421. The maximum atomic E-state index is 13.2. The molecule has 33 heavy (non-hydrogen) atoms. The van der Waals surface area contributed by atoms with Crippen molar-refractivity contribution in [2.24, 2.45) is 28.6 Å². The number of hydrogen-bond donors (Lipinski definition) is 1. The fourth-order valence-electron chi connectivity index (χ4n) is 9.02. The molecule has 6 rings (SSSR count). The van der Waals surface area contributed by atoms with Gasteiger partial charge in [-0.15, -0.1) is 0 Å². The number of thiocyanates is 1. The molecule has 9 unspecified atom stereocenters. The standard InChI is InChI=1S/C25H35NO6S/c1-15(27)31-13-19(28)24(29)8-7-17-18-6-5-16-11-23(30-4)10-9-21(16,2)25(18,32-23)20(33-14-26)12-22(17,24)3/h16-18,20,29H,5-13H2,1-4H3. The van der Waals surface area contributed by atoms with E-state index in [9.17, 15) is 20.0 Å². The van der Waals surface area contributed by atoms with Gasteiger partial charge in [0.1, 0.15) is 11.0 Å². The van der Waals surface area contributed by atoms with Crippen LogP contribution < -0.4 is 0 Å². The summed E-state index contributed by atoms with van der Waals surface area (Å²) >= 11 is 1.24. The first-order valence-corrected chi connectivity index (χ1v) is 13.1. The molecule has 6 aliphatic rings. The second-order valence-electron chi connectivity index (χ2n) is 11.5. The number of aliphatic hydroxyl groups is 1. The van der Waals surface area contributed by atoms with Gasteiger partial charge in [-0.25, -0.2) is 0 Å². The lowest BCUT2D eigenvalue weighted by Crippen LogP contribution is -2.79. The normalized spacial score (nSPS) is 51.9. The molecule has 182 valence electrons. The fraction of sp³-hybridized carbons (Fsp3) is 0.880. The van der Waals surface area contributed by atoms with Crippen LogP contribution in [0.5, 0.6) is 0 Å². The van der Waals surface area contributed by atoms with Crippen molar-refractivity contribution >= 4 is 23.5 Å². The molecule has 2 aliphatic heterocycles. The van der Waals surface area contributed by atoms with E-state index in [0.29, 0.717) is 18.8 Å². The number of esters is 1. The number of thioether (sulfide) groups is 1. The van der Waals surface area contributed by atoms with Gasteiger partial charge in [-0.3, -0.25) is 9.59 Å². The minimum Gasteiger partial charge on any atom is -0.458 e. The van der Waals surface area contributed by atoms with E-state index in [0.717, 1.165) is 38.5 Å². The SMILES string of the molecule is COC12CCC3(C)C(CCC4C5CCC(O)(C(=O)COC(C)=O)C5(C)CC(SC#N)C43O1)C2. The summed E-state index contributed by atoms with van der Waals surface area (Å²) < 4.78 is 18.1. The molecule has 0 aromatic rings. The monoisotopic (exact) mass is 477 g/mol. The maximum Gasteiger partial charge on any atom is 0.303 e. The van der Waals surface area contributed by atoms with Gasteiger partial charge < -0.3 is 19.3 Å². The van der Waals surface area contributed by atoms with E-state index in [-0.39, 0.29) is 22.5 Å². The molecule has 6 fully saturated rings. The summed E-state index contributed by atoms with van der Waals surface area (Å²) in [7, 11) is 1.73. The van der Waals surface area contributed by atoms with E-state index >= 15 is 0 Å². The summed E-state index contributed by atoms with van der Waals surface area (Å²) in [5.41, 5.74) is -2.86. The molecule has 0 radical (unpaired) electrons. The molecule has 0 aromatic carbocycles. The van der Waals surface area contributed by atoms with E-state index in [2.05, 4.69) is 12.3 Å². The third kappa shape index (κ3) is 2.80. The molecular weight excluding hydrogens is 442 g/mol. The molecule has 9 atom stereocenters. The molecule has 4 bridgehead atoms. The quantitative estimate of drug-likeness (QED) is 0.473. The molecule has 7 nitrogen and oxygen atoms in total. The number of hydrogen-bond acceptors (Lipinski definition) is 8. The molecule has 2 saturated heterocycles. The summed E-state index contributed by atoms with van der Waals surface area (Å²) in [6.45, 7) is 5.21. The van der Waals surface area contributed by atoms with Crippen LogP contribution in [0.1, 0.15) is 72.1 Å². The molecule has 8 heteroatoms. The Morgan fingerprint density at radius 3 is 2.55 bits per heavy atom. The Bertz CT molecular complexity index is 921. The zero-order chi connectivity index (χ0) is 23.9. The Balaban J connectivity index is 1.59. The Morgan fingerprint density at radius 2 is 1.88 bits per heavy atom. The molecule has 2 heterocycles. The van der Waals surface area contributed by atoms with Crippen LogP contribution in [0.3, 0.4) is 0 Å². The summed E-state index contributed by atoms with van der Waals surface area (Å²) in [5.74, 6) is -0.871. The lowest BCUT2D eigenvalue weighted by Gasteiger charge is -2.75. The minimum atomic E-state index is -1.58. The van der Waals surface area contributed by atoms with Crippen LogP contribution in [-0.4, -0.2) is 52.8 Å². The lowest BCUT2D eigenvalue weighted by atomic mass is 9.40.